The van der Waals surface area contributed by atoms with E-state index >= 15 is 0 Å². The molecule has 23 heavy (non-hydrogen) atoms. The Bertz CT molecular complexity index is 679. The molecule has 0 fully saturated rings. The molecule has 2 aromatic carbocycles. The molecule has 2 rings (SSSR count). The minimum atomic E-state index is -0.0316. The lowest BCUT2D eigenvalue weighted by atomic mass is 10.1. The van der Waals surface area contributed by atoms with Gasteiger partial charge in [-0.1, -0.05) is 40.2 Å². The summed E-state index contributed by atoms with van der Waals surface area (Å²) in [5.74, 6) is -0.0587. The fourth-order valence-electron chi connectivity index (χ4n) is 2.07. The van der Waals surface area contributed by atoms with Gasteiger partial charge in [-0.2, -0.15) is 0 Å². The van der Waals surface area contributed by atoms with Crippen LogP contribution in [0.4, 0.5) is 0 Å². The third-order valence-corrected chi connectivity index (χ3v) is 3.90. The predicted molar refractivity (Wildman–Crippen MR) is 94.2 cm³/mol. The first-order valence-electron chi connectivity index (χ1n) is 7.27. The van der Waals surface area contributed by atoms with Crippen molar-refractivity contribution in [2.24, 2.45) is 0 Å². The van der Waals surface area contributed by atoms with E-state index in [0.29, 0.717) is 18.5 Å². The van der Waals surface area contributed by atoms with E-state index in [-0.39, 0.29) is 11.8 Å². The number of carbonyl (C=O) groups is 2. The summed E-state index contributed by atoms with van der Waals surface area (Å²) in [5.41, 5.74) is 2.57. The van der Waals surface area contributed by atoms with Crippen molar-refractivity contribution in [2.45, 2.75) is 13.0 Å². The van der Waals surface area contributed by atoms with Crippen molar-refractivity contribution < 1.29 is 9.59 Å². The molecule has 0 radical (unpaired) electrons. The molecule has 0 aromatic heterocycles. The van der Waals surface area contributed by atoms with Gasteiger partial charge in [-0.3, -0.25) is 9.59 Å². The van der Waals surface area contributed by atoms with Crippen LogP contribution < -0.4 is 5.32 Å². The van der Waals surface area contributed by atoms with Gasteiger partial charge in [-0.05, 0) is 35.4 Å². The number of nitrogens with one attached hydrogen (secondary N) is 1. The number of benzene rings is 2. The Hall–Kier alpha value is -2.14. The number of halogens is 1. The molecule has 0 bridgehead atoms. The highest BCUT2D eigenvalue weighted by Crippen LogP contribution is 2.11. The largest absolute Gasteiger partial charge is 0.352 e. The molecule has 0 aliphatic rings. The molecule has 120 valence electrons. The minimum absolute atomic E-state index is 0.0271. The van der Waals surface area contributed by atoms with Crippen LogP contribution in [0.1, 0.15) is 21.5 Å². The summed E-state index contributed by atoms with van der Waals surface area (Å²) in [6.45, 7) is 0.450. The van der Waals surface area contributed by atoms with Crippen molar-refractivity contribution in [3.8, 4) is 0 Å². The number of hydrogen-bond donors (Lipinski definition) is 1. The second-order valence-corrected chi connectivity index (χ2v) is 6.39. The lowest BCUT2D eigenvalue weighted by Crippen LogP contribution is -2.24. The SMILES string of the molecule is CN(C)C(=O)c1ccc(CNC(=O)Cc2ccc(Br)cc2)cc1. The smallest absolute Gasteiger partial charge is 0.253 e. The molecule has 0 atom stereocenters. The Labute approximate surface area is 144 Å². The maximum absolute atomic E-state index is 12.0. The van der Waals surface area contributed by atoms with Gasteiger partial charge in [0.1, 0.15) is 0 Å². The van der Waals surface area contributed by atoms with E-state index in [0.717, 1.165) is 15.6 Å². The molecular weight excluding hydrogens is 356 g/mol. The van der Waals surface area contributed by atoms with E-state index in [1.54, 1.807) is 26.2 Å². The molecule has 0 unspecified atom stereocenters. The van der Waals surface area contributed by atoms with Crippen molar-refractivity contribution >= 4 is 27.7 Å². The van der Waals surface area contributed by atoms with Crippen molar-refractivity contribution in [3.05, 3.63) is 69.7 Å². The van der Waals surface area contributed by atoms with E-state index in [1.807, 2.05) is 36.4 Å². The van der Waals surface area contributed by atoms with Gasteiger partial charge in [-0.25, -0.2) is 0 Å². The van der Waals surface area contributed by atoms with Crippen molar-refractivity contribution in [1.29, 1.82) is 0 Å². The summed E-state index contributed by atoms with van der Waals surface area (Å²) >= 11 is 3.37. The van der Waals surface area contributed by atoms with Crippen LogP contribution in [-0.2, 0) is 17.8 Å². The van der Waals surface area contributed by atoms with Gasteiger partial charge in [0, 0.05) is 30.7 Å². The molecule has 2 aromatic rings. The molecule has 4 nitrogen and oxygen atoms in total. The zero-order valence-corrected chi connectivity index (χ0v) is 14.8. The normalized spacial score (nSPS) is 10.2. The van der Waals surface area contributed by atoms with Crippen LogP contribution >= 0.6 is 15.9 Å². The zero-order valence-electron chi connectivity index (χ0n) is 13.2. The lowest BCUT2D eigenvalue weighted by molar-refractivity contribution is -0.120. The highest BCUT2D eigenvalue weighted by atomic mass is 79.9. The highest BCUT2D eigenvalue weighted by Gasteiger charge is 2.08. The van der Waals surface area contributed by atoms with Crippen LogP contribution in [0.3, 0.4) is 0 Å². The first kappa shape index (κ1) is 17.2. The van der Waals surface area contributed by atoms with E-state index in [1.165, 1.54) is 4.90 Å². The molecule has 0 aliphatic heterocycles. The van der Waals surface area contributed by atoms with Crippen LogP contribution in [0.2, 0.25) is 0 Å². The Kier molecular flexibility index (Phi) is 5.93. The molecule has 0 saturated heterocycles. The number of carbonyl (C=O) groups excluding carboxylic acids is 2. The maximum atomic E-state index is 12.0. The fourth-order valence-corrected chi connectivity index (χ4v) is 2.34. The third-order valence-electron chi connectivity index (χ3n) is 3.37. The third kappa shape index (κ3) is 5.21. The molecule has 1 N–H and O–H groups in total. The molecule has 2 amide bonds. The molecule has 0 spiro atoms. The first-order valence-corrected chi connectivity index (χ1v) is 8.07. The molecule has 0 saturated carbocycles. The van der Waals surface area contributed by atoms with Crippen LogP contribution in [-0.4, -0.2) is 30.8 Å². The fraction of sp³-hybridized carbons (Fsp3) is 0.222. The van der Waals surface area contributed by atoms with Crippen molar-refractivity contribution in [2.75, 3.05) is 14.1 Å². The van der Waals surface area contributed by atoms with Crippen LogP contribution in [0.15, 0.2) is 53.0 Å². The average molecular weight is 375 g/mol. The number of rotatable bonds is 5. The Morgan fingerprint density at radius 3 is 2.09 bits per heavy atom. The van der Waals surface area contributed by atoms with Crippen LogP contribution in [0, 0.1) is 0 Å². The Morgan fingerprint density at radius 1 is 0.957 bits per heavy atom. The van der Waals surface area contributed by atoms with Gasteiger partial charge < -0.3 is 10.2 Å². The summed E-state index contributed by atoms with van der Waals surface area (Å²) < 4.78 is 0.994. The summed E-state index contributed by atoms with van der Waals surface area (Å²) in [4.78, 5) is 25.3. The quantitative estimate of drug-likeness (QED) is 0.874. The van der Waals surface area contributed by atoms with Crippen molar-refractivity contribution in [1.82, 2.24) is 10.2 Å². The summed E-state index contributed by atoms with van der Waals surface area (Å²) in [6.07, 6.45) is 0.352. The Morgan fingerprint density at radius 2 is 1.52 bits per heavy atom. The number of hydrogen-bond acceptors (Lipinski definition) is 2. The summed E-state index contributed by atoms with van der Waals surface area (Å²) in [5, 5.41) is 2.89. The second-order valence-electron chi connectivity index (χ2n) is 5.48. The number of amides is 2. The maximum Gasteiger partial charge on any atom is 0.253 e. The molecule has 0 aliphatic carbocycles. The van der Waals surface area contributed by atoms with E-state index < -0.39 is 0 Å². The number of nitrogens with zero attached hydrogens (tertiary/aromatic N) is 1. The van der Waals surface area contributed by atoms with Crippen LogP contribution in [0.25, 0.3) is 0 Å². The first-order chi connectivity index (χ1) is 11.0. The van der Waals surface area contributed by atoms with E-state index in [4.69, 9.17) is 0 Å². The van der Waals surface area contributed by atoms with Gasteiger partial charge in [0.2, 0.25) is 5.91 Å². The van der Waals surface area contributed by atoms with E-state index in [2.05, 4.69) is 21.2 Å². The average Bonchev–Trinajstić information content (AvgIpc) is 2.55. The minimum Gasteiger partial charge on any atom is -0.352 e. The molecular formula is C18H19BrN2O2. The van der Waals surface area contributed by atoms with Gasteiger partial charge in [0.05, 0.1) is 6.42 Å². The molecule has 5 heteroatoms. The zero-order chi connectivity index (χ0) is 16.8. The van der Waals surface area contributed by atoms with Gasteiger partial charge in [-0.15, -0.1) is 0 Å². The predicted octanol–water partition coefficient (Wildman–Crippen LogP) is 3.01. The van der Waals surface area contributed by atoms with Gasteiger partial charge in [0.25, 0.3) is 5.91 Å². The van der Waals surface area contributed by atoms with Crippen LogP contribution in [0.5, 0.6) is 0 Å². The summed E-state index contributed by atoms with van der Waals surface area (Å²) in [6, 6.07) is 15.0. The summed E-state index contributed by atoms with van der Waals surface area (Å²) in [7, 11) is 3.44. The Balaban J connectivity index is 1.86. The van der Waals surface area contributed by atoms with E-state index in [9.17, 15) is 9.59 Å². The topological polar surface area (TPSA) is 49.4 Å². The van der Waals surface area contributed by atoms with Gasteiger partial charge in [0.15, 0.2) is 0 Å². The van der Waals surface area contributed by atoms with Crippen molar-refractivity contribution in [3.63, 3.8) is 0 Å². The second kappa shape index (κ2) is 7.92. The monoisotopic (exact) mass is 374 g/mol. The van der Waals surface area contributed by atoms with Gasteiger partial charge >= 0.3 is 0 Å². The lowest BCUT2D eigenvalue weighted by Gasteiger charge is -2.11. The standard InChI is InChI=1S/C18H19BrN2O2/c1-21(2)18(23)15-7-3-14(4-8-15)12-20-17(22)11-13-5-9-16(19)10-6-13/h3-10H,11-12H2,1-2H3,(H,20,22). The molecule has 0 heterocycles. The highest BCUT2D eigenvalue weighted by molar-refractivity contribution is 9.10.